The summed E-state index contributed by atoms with van der Waals surface area (Å²) in [6.45, 7) is 0. The van der Waals surface area contributed by atoms with Crippen LogP contribution in [-0.2, 0) is 4.74 Å². The highest BCUT2D eigenvalue weighted by Gasteiger charge is 2.13. The average molecular weight is 348 g/mol. The monoisotopic (exact) mass is 348 g/mol. The third kappa shape index (κ3) is 3.14. The number of hydrogen-bond donors (Lipinski definition) is 1. The number of esters is 1. The van der Waals surface area contributed by atoms with Crippen LogP contribution in [0.4, 0.5) is 5.69 Å². The standard InChI is InChI=1S/C18H12N4O4/c1-26-18(25)13-6-7-15-20-9-14(17(24)22(15)10-13)21-16(23)12-4-2-11(8-19)3-5-12/h2-7,9-10H,1H3,(H,21,23). The van der Waals surface area contributed by atoms with Gasteiger partial charge in [0, 0.05) is 11.8 Å². The minimum Gasteiger partial charge on any atom is -0.465 e. The summed E-state index contributed by atoms with van der Waals surface area (Å²) in [4.78, 5) is 40.6. The Morgan fingerprint density at radius 3 is 2.50 bits per heavy atom. The number of ether oxygens (including phenoxy) is 1. The number of pyridine rings is 1. The van der Waals surface area contributed by atoms with Crippen molar-refractivity contribution in [1.29, 1.82) is 5.26 Å². The van der Waals surface area contributed by atoms with Gasteiger partial charge < -0.3 is 10.1 Å². The van der Waals surface area contributed by atoms with Crippen LogP contribution in [0.3, 0.4) is 0 Å². The fourth-order valence-electron chi connectivity index (χ4n) is 2.29. The molecule has 0 bridgehead atoms. The lowest BCUT2D eigenvalue weighted by molar-refractivity contribution is 0.0600. The number of hydrogen-bond acceptors (Lipinski definition) is 6. The number of fused-ring (bicyclic) bond motifs is 1. The normalized spacial score (nSPS) is 10.2. The summed E-state index contributed by atoms with van der Waals surface area (Å²) in [5.74, 6) is -1.11. The Bertz CT molecular complexity index is 1110. The van der Waals surface area contributed by atoms with Crippen LogP contribution in [0, 0.1) is 11.3 Å². The summed E-state index contributed by atoms with van der Waals surface area (Å²) in [5, 5.41) is 11.3. The summed E-state index contributed by atoms with van der Waals surface area (Å²) < 4.78 is 5.78. The van der Waals surface area contributed by atoms with Gasteiger partial charge in [-0.15, -0.1) is 0 Å². The Hall–Kier alpha value is -3.99. The molecule has 2 heterocycles. The van der Waals surface area contributed by atoms with Crippen LogP contribution in [0.15, 0.2) is 53.6 Å². The molecule has 0 spiro atoms. The first-order valence-corrected chi connectivity index (χ1v) is 7.44. The number of methoxy groups -OCH3 is 1. The van der Waals surface area contributed by atoms with Gasteiger partial charge in [-0.05, 0) is 36.4 Å². The van der Waals surface area contributed by atoms with Crippen LogP contribution in [0.25, 0.3) is 5.65 Å². The summed E-state index contributed by atoms with van der Waals surface area (Å²) >= 11 is 0. The van der Waals surface area contributed by atoms with E-state index >= 15 is 0 Å². The van der Waals surface area contributed by atoms with E-state index in [-0.39, 0.29) is 16.8 Å². The van der Waals surface area contributed by atoms with Crippen molar-refractivity contribution >= 4 is 23.2 Å². The largest absolute Gasteiger partial charge is 0.465 e. The minimum absolute atomic E-state index is 0.0427. The summed E-state index contributed by atoms with van der Waals surface area (Å²) in [6, 6.07) is 10.9. The quantitative estimate of drug-likeness (QED) is 0.719. The molecule has 1 aromatic carbocycles. The van der Waals surface area contributed by atoms with Crippen LogP contribution in [0.2, 0.25) is 0 Å². The van der Waals surface area contributed by atoms with Gasteiger partial charge >= 0.3 is 5.97 Å². The fourth-order valence-corrected chi connectivity index (χ4v) is 2.29. The van der Waals surface area contributed by atoms with Gasteiger partial charge in [-0.3, -0.25) is 14.0 Å². The molecule has 8 heteroatoms. The topological polar surface area (TPSA) is 114 Å². The molecule has 0 fully saturated rings. The molecule has 8 nitrogen and oxygen atoms in total. The first-order valence-electron chi connectivity index (χ1n) is 7.44. The molecular weight excluding hydrogens is 336 g/mol. The number of nitriles is 1. The summed E-state index contributed by atoms with van der Waals surface area (Å²) in [7, 11) is 1.24. The SMILES string of the molecule is COC(=O)c1ccc2ncc(NC(=O)c3ccc(C#N)cc3)c(=O)n2c1. The van der Waals surface area contributed by atoms with Crippen molar-refractivity contribution in [1.82, 2.24) is 9.38 Å². The highest BCUT2D eigenvalue weighted by molar-refractivity contribution is 6.04. The molecule has 2 aromatic heterocycles. The molecular formula is C18H12N4O4. The molecule has 26 heavy (non-hydrogen) atoms. The molecule has 0 saturated carbocycles. The number of carbonyl (C=O) groups excluding carboxylic acids is 2. The Kier molecular flexibility index (Phi) is 4.45. The van der Waals surface area contributed by atoms with Crippen molar-refractivity contribution in [3.8, 4) is 6.07 Å². The Labute approximate surface area is 147 Å². The van der Waals surface area contributed by atoms with Crippen molar-refractivity contribution in [2.75, 3.05) is 12.4 Å². The van der Waals surface area contributed by atoms with E-state index in [9.17, 15) is 14.4 Å². The molecule has 0 aliphatic rings. The van der Waals surface area contributed by atoms with Crippen LogP contribution in [-0.4, -0.2) is 28.4 Å². The molecule has 0 atom stereocenters. The lowest BCUT2D eigenvalue weighted by Crippen LogP contribution is -2.23. The number of benzene rings is 1. The van der Waals surface area contributed by atoms with Crippen molar-refractivity contribution in [2.45, 2.75) is 0 Å². The van der Waals surface area contributed by atoms with E-state index < -0.39 is 17.4 Å². The summed E-state index contributed by atoms with van der Waals surface area (Å²) in [6.07, 6.45) is 2.55. The predicted octanol–water partition coefficient (Wildman–Crippen LogP) is 1.61. The predicted molar refractivity (Wildman–Crippen MR) is 91.9 cm³/mol. The van der Waals surface area contributed by atoms with Gasteiger partial charge in [0.05, 0.1) is 30.5 Å². The second kappa shape index (κ2) is 6.86. The number of anilines is 1. The third-order valence-corrected chi connectivity index (χ3v) is 3.65. The Balaban J connectivity index is 1.95. The highest BCUT2D eigenvalue weighted by Crippen LogP contribution is 2.09. The second-order valence-corrected chi connectivity index (χ2v) is 5.26. The van der Waals surface area contributed by atoms with E-state index in [0.29, 0.717) is 11.2 Å². The van der Waals surface area contributed by atoms with E-state index in [0.717, 1.165) is 4.40 Å². The number of amides is 1. The molecule has 128 valence electrons. The van der Waals surface area contributed by atoms with E-state index in [4.69, 9.17) is 5.26 Å². The van der Waals surface area contributed by atoms with Crippen molar-refractivity contribution in [2.24, 2.45) is 0 Å². The van der Waals surface area contributed by atoms with Crippen LogP contribution < -0.4 is 10.9 Å². The minimum atomic E-state index is -0.592. The Morgan fingerprint density at radius 2 is 1.85 bits per heavy atom. The van der Waals surface area contributed by atoms with Gasteiger partial charge in [0.25, 0.3) is 11.5 Å². The zero-order valence-corrected chi connectivity index (χ0v) is 13.6. The van der Waals surface area contributed by atoms with Crippen molar-refractivity contribution < 1.29 is 14.3 Å². The van der Waals surface area contributed by atoms with E-state index in [1.165, 1.54) is 55.9 Å². The summed E-state index contributed by atoms with van der Waals surface area (Å²) in [5.41, 5.74) is 0.626. The maximum atomic E-state index is 12.6. The zero-order chi connectivity index (χ0) is 18.7. The molecule has 3 rings (SSSR count). The maximum Gasteiger partial charge on any atom is 0.339 e. The lowest BCUT2D eigenvalue weighted by Gasteiger charge is -2.07. The van der Waals surface area contributed by atoms with Crippen molar-refractivity contribution in [3.63, 3.8) is 0 Å². The van der Waals surface area contributed by atoms with E-state index in [1.807, 2.05) is 6.07 Å². The molecule has 0 aliphatic carbocycles. The molecule has 0 saturated heterocycles. The van der Waals surface area contributed by atoms with Gasteiger partial charge in [0.2, 0.25) is 0 Å². The first kappa shape index (κ1) is 16.9. The molecule has 1 amide bonds. The second-order valence-electron chi connectivity index (χ2n) is 5.26. The first-order chi connectivity index (χ1) is 12.5. The fraction of sp³-hybridized carbons (Fsp3) is 0.0556. The number of carbonyl (C=O) groups is 2. The molecule has 0 unspecified atom stereocenters. The third-order valence-electron chi connectivity index (χ3n) is 3.65. The van der Waals surface area contributed by atoms with Gasteiger partial charge in [-0.25, -0.2) is 9.78 Å². The smallest absolute Gasteiger partial charge is 0.339 e. The molecule has 0 radical (unpaired) electrons. The number of nitrogens with one attached hydrogen (secondary N) is 1. The lowest BCUT2D eigenvalue weighted by atomic mass is 10.1. The van der Waals surface area contributed by atoms with Gasteiger partial charge in [-0.1, -0.05) is 0 Å². The Morgan fingerprint density at radius 1 is 1.15 bits per heavy atom. The van der Waals surface area contributed by atoms with Crippen LogP contribution in [0.1, 0.15) is 26.3 Å². The molecule has 0 aliphatic heterocycles. The van der Waals surface area contributed by atoms with E-state index in [2.05, 4.69) is 15.0 Å². The van der Waals surface area contributed by atoms with Gasteiger partial charge in [0.1, 0.15) is 11.3 Å². The molecule has 3 aromatic rings. The zero-order valence-electron chi connectivity index (χ0n) is 13.6. The highest BCUT2D eigenvalue weighted by atomic mass is 16.5. The number of rotatable bonds is 3. The van der Waals surface area contributed by atoms with Crippen molar-refractivity contribution in [3.05, 3.63) is 75.8 Å². The molecule has 1 N–H and O–H groups in total. The number of aromatic nitrogens is 2. The maximum absolute atomic E-state index is 12.6. The van der Waals surface area contributed by atoms with Crippen LogP contribution in [0.5, 0.6) is 0 Å². The van der Waals surface area contributed by atoms with Gasteiger partial charge in [0.15, 0.2) is 0 Å². The number of nitrogens with zero attached hydrogens (tertiary/aromatic N) is 3. The van der Waals surface area contributed by atoms with E-state index in [1.54, 1.807) is 0 Å². The average Bonchev–Trinajstić information content (AvgIpc) is 2.69. The van der Waals surface area contributed by atoms with Gasteiger partial charge in [-0.2, -0.15) is 5.26 Å². The van der Waals surface area contributed by atoms with Crippen LogP contribution >= 0.6 is 0 Å².